The standard InChI is InChI=1S/C45H56N4O7S3Si/c1-44(2,3)60(5,6)56-36(32-17-20-35(50)41-33(32)18-21-40(51)47-41)28-46-27-29-12-19-34-37(26-29)59-43(53)49(34)23-9-22-48(4)30-13-15-31(16-14-30)55-42(52)45(54,38-10-7-24-57-38)39-11-8-25-58-39/h7-8,10-12,17-21,24-26,30-31,36,46,50,54H,9,13-16,22-23,27-28H2,1-6H3,(H,47,51)/t30?,31?,36-/m1/s1. The monoisotopic (exact) mass is 888 g/mol. The number of carbonyl (C=O) groups is 1. The van der Waals surface area contributed by atoms with E-state index in [0.29, 0.717) is 40.9 Å². The van der Waals surface area contributed by atoms with E-state index >= 15 is 0 Å². The molecule has 15 heteroatoms. The van der Waals surface area contributed by atoms with Crippen molar-refractivity contribution < 1.29 is 24.2 Å². The lowest BCUT2D eigenvalue weighted by Gasteiger charge is -2.39. The first kappa shape index (κ1) is 44.1. The maximum Gasteiger partial charge on any atom is 0.349 e. The average Bonchev–Trinajstić information content (AvgIpc) is 4.01. The molecule has 1 aliphatic rings. The van der Waals surface area contributed by atoms with Crippen LogP contribution < -0.4 is 15.7 Å². The molecule has 4 N–H and O–H groups in total. The zero-order valence-electron chi connectivity index (χ0n) is 35.2. The highest BCUT2D eigenvalue weighted by Gasteiger charge is 2.45. The van der Waals surface area contributed by atoms with Crippen LogP contribution in [0.15, 0.2) is 87.1 Å². The summed E-state index contributed by atoms with van der Waals surface area (Å²) in [5.74, 6) is -0.590. The van der Waals surface area contributed by atoms with Gasteiger partial charge in [0.25, 0.3) is 0 Å². The molecule has 1 aliphatic carbocycles. The van der Waals surface area contributed by atoms with Crippen LogP contribution in [0.1, 0.15) is 79.9 Å². The number of benzene rings is 2. The van der Waals surface area contributed by atoms with Crippen LogP contribution in [-0.4, -0.2) is 71.2 Å². The average molecular weight is 889 g/mol. The summed E-state index contributed by atoms with van der Waals surface area (Å²) in [7, 11) is -0.0981. The number of rotatable bonds is 16. The zero-order chi connectivity index (χ0) is 42.8. The molecule has 0 spiro atoms. The summed E-state index contributed by atoms with van der Waals surface area (Å²) in [6.45, 7) is 13.6. The summed E-state index contributed by atoms with van der Waals surface area (Å²) < 4.78 is 15.8. The lowest BCUT2D eigenvalue weighted by Crippen LogP contribution is -2.43. The Labute approximate surface area is 363 Å². The van der Waals surface area contributed by atoms with Crippen LogP contribution in [0.25, 0.3) is 21.1 Å². The van der Waals surface area contributed by atoms with Crippen molar-refractivity contribution in [2.45, 2.75) is 108 Å². The highest BCUT2D eigenvalue weighted by atomic mass is 32.1. The van der Waals surface area contributed by atoms with Gasteiger partial charge in [-0.3, -0.25) is 14.2 Å². The molecule has 1 fully saturated rings. The molecule has 7 rings (SSSR count). The van der Waals surface area contributed by atoms with Gasteiger partial charge in [0, 0.05) is 37.1 Å². The van der Waals surface area contributed by atoms with Crippen molar-refractivity contribution in [3.05, 3.63) is 118 Å². The molecule has 11 nitrogen and oxygen atoms in total. The Morgan fingerprint density at radius 3 is 2.35 bits per heavy atom. The molecule has 0 unspecified atom stereocenters. The van der Waals surface area contributed by atoms with Crippen LogP contribution in [-0.2, 0) is 32.6 Å². The molecule has 0 bridgehead atoms. The van der Waals surface area contributed by atoms with Crippen LogP contribution in [0.5, 0.6) is 5.75 Å². The maximum atomic E-state index is 13.5. The van der Waals surface area contributed by atoms with Gasteiger partial charge >= 0.3 is 10.8 Å². The molecule has 0 aliphatic heterocycles. The molecule has 2 aromatic carbocycles. The van der Waals surface area contributed by atoms with E-state index in [4.69, 9.17) is 9.16 Å². The fraction of sp³-hybridized carbons (Fsp3) is 0.444. The van der Waals surface area contributed by atoms with E-state index in [1.165, 1.54) is 40.1 Å². The molecule has 6 aromatic rings. The van der Waals surface area contributed by atoms with Crippen LogP contribution in [0.2, 0.25) is 18.1 Å². The predicted molar refractivity (Wildman–Crippen MR) is 246 cm³/mol. The third kappa shape index (κ3) is 9.43. The molecule has 4 heterocycles. The molecule has 4 aromatic heterocycles. The van der Waals surface area contributed by atoms with Gasteiger partial charge in [-0.1, -0.05) is 56.4 Å². The first-order valence-corrected chi connectivity index (χ1v) is 26.1. The van der Waals surface area contributed by atoms with E-state index in [-0.39, 0.29) is 33.4 Å². The Kier molecular flexibility index (Phi) is 13.4. The van der Waals surface area contributed by atoms with Gasteiger partial charge in [0.15, 0.2) is 8.32 Å². The Balaban J connectivity index is 0.930. The normalized spacial score (nSPS) is 17.1. The first-order chi connectivity index (χ1) is 28.5. The lowest BCUT2D eigenvalue weighted by molar-refractivity contribution is -0.169. The second kappa shape index (κ2) is 18.2. The Morgan fingerprint density at radius 1 is 1.00 bits per heavy atom. The fourth-order valence-corrected chi connectivity index (χ4v) is 11.8. The third-order valence-electron chi connectivity index (χ3n) is 12.4. The molecule has 0 radical (unpaired) electrons. The summed E-state index contributed by atoms with van der Waals surface area (Å²) in [5, 5.41) is 30.2. The van der Waals surface area contributed by atoms with Gasteiger partial charge in [-0.25, -0.2) is 4.79 Å². The van der Waals surface area contributed by atoms with Gasteiger partial charge in [0.2, 0.25) is 11.2 Å². The first-order valence-electron chi connectivity index (χ1n) is 20.6. The van der Waals surface area contributed by atoms with Crippen molar-refractivity contribution >= 4 is 69.4 Å². The molecule has 1 atom stereocenters. The van der Waals surface area contributed by atoms with Crippen LogP contribution >= 0.6 is 34.0 Å². The smallest absolute Gasteiger partial charge is 0.349 e. The summed E-state index contributed by atoms with van der Waals surface area (Å²) in [6.07, 6.45) is 3.50. The minimum Gasteiger partial charge on any atom is -0.506 e. The SMILES string of the molecule is CN(CCCn1c(=O)sc2cc(CNC[C@@H](O[Si](C)(C)C(C)(C)C)c3ccc(O)c4[nH]c(=O)ccc34)ccc21)C1CCC(OC(=O)C(O)(c2cccs2)c2cccs2)CC1. The maximum absolute atomic E-state index is 13.5. The van der Waals surface area contributed by atoms with Crippen LogP contribution in [0.4, 0.5) is 0 Å². The van der Waals surface area contributed by atoms with Crippen molar-refractivity contribution in [3.63, 3.8) is 0 Å². The fourth-order valence-electron chi connectivity index (χ4n) is 7.86. The number of aryl methyl sites for hydroxylation is 1. The van der Waals surface area contributed by atoms with E-state index in [1.54, 1.807) is 24.3 Å². The van der Waals surface area contributed by atoms with E-state index in [1.807, 2.05) is 39.6 Å². The number of aliphatic hydroxyl groups is 1. The Hall–Kier alpha value is -3.93. The number of aromatic hydroxyl groups is 1. The number of carbonyl (C=O) groups excluding carboxylic acids is 1. The number of hydrogen-bond donors (Lipinski definition) is 4. The lowest BCUT2D eigenvalue weighted by atomic mass is 9.91. The largest absolute Gasteiger partial charge is 0.506 e. The molecule has 0 saturated heterocycles. The zero-order valence-corrected chi connectivity index (χ0v) is 38.6. The van der Waals surface area contributed by atoms with E-state index in [2.05, 4.69) is 68.2 Å². The summed E-state index contributed by atoms with van der Waals surface area (Å²) in [5.41, 5.74) is 1.23. The van der Waals surface area contributed by atoms with Gasteiger partial charge in [-0.15, -0.1) is 22.7 Å². The summed E-state index contributed by atoms with van der Waals surface area (Å²) in [4.78, 5) is 45.1. The second-order valence-corrected chi connectivity index (χ2v) is 25.1. The number of aromatic nitrogens is 2. The third-order valence-corrected chi connectivity index (χ3v) is 19.8. The number of pyridine rings is 1. The number of esters is 1. The molecule has 320 valence electrons. The number of ether oxygens (including phenoxy) is 1. The van der Waals surface area contributed by atoms with Crippen LogP contribution in [0.3, 0.4) is 0 Å². The summed E-state index contributed by atoms with van der Waals surface area (Å²) >= 11 is 3.97. The number of fused-ring (bicyclic) bond motifs is 2. The molecular weight excluding hydrogens is 833 g/mol. The van der Waals surface area contributed by atoms with Crippen molar-refractivity contribution in [2.24, 2.45) is 0 Å². The van der Waals surface area contributed by atoms with Crippen molar-refractivity contribution in [2.75, 3.05) is 20.1 Å². The van der Waals surface area contributed by atoms with Gasteiger partial charge in [-0.2, -0.15) is 0 Å². The highest BCUT2D eigenvalue weighted by Crippen LogP contribution is 2.42. The van der Waals surface area contributed by atoms with Crippen LogP contribution in [0, 0.1) is 0 Å². The van der Waals surface area contributed by atoms with Gasteiger partial charge < -0.3 is 34.6 Å². The number of hydrogen-bond acceptors (Lipinski definition) is 12. The van der Waals surface area contributed by atoms with Gasteiger partial charge in [-0.05, 0) is 122 Å². The highest BCUT2D eigenvalue weighted by molar-refractivity contribution is 7.16. The van der Waals surface area contributed by atoms with Crippen molar-refractivity contribution in [1.29, 1.82) is 0 Å². The quantitative estimate of drug-likeness (QED) is 0.0554. The number of H-pyrrole nitrogens is 1. The van der Waals surface area contributed by atoms with Gasteiger partial charge in [0.05, 0.1) is 31.6 Å². The topological polar surface area (TPSA) is 146 Å². The molecule has 1 saturated carbocycles. The molecule has 0 amide bonds. The Morgan fingerprint density at radius 2 is 1.70 bits per heavy atom. The van der Waals surface area contributed by atoms with E-state index < -0.39 is 19.9 Å². The summed E-state index contributed by atoms with van der Waals surface area (Å²) in [6, 6.07) is 20.5. The predicted octanol–water partition coefficient (Wildman–Crippen LogP) is 8.70. The second-order valence-electron chi connectivity index (χ2n) is 17.4. The van der Waals surface area contributed by atoms with Crippen molar-refractivity contribution in [3.8, 4) is 5.75 Å². The van der Waals surface area contributed by atoms with E-state index in [0.717, 1.165) is 65.4 Å². The van der Waals surface area contributed by atoms with E-state index in [9.17, 15) is 24.6 Å². The minimum absolute atomic E-state index is 0.0204. The number of phenols is 1. The molecular formula is C45H56N4O7S3Si. The number of nitrogens with zero attached hydrogens (tertiary/aromatic N) is 2. The molecule has 60 heavy (non-hydrogen) atoms. The number of thiophene rings is 2. The number of aromatic amines is 1. The van der Waals surface area contributed by atoms with Crippen molar-refractivity contribution in [1.82, 2.24) is 19.8 Å². The Bertz CT molecular complexity index is 2480. The minimum atomic E-state index is -2.23. The van der Waals surface area contributed by atoms with Gasteiger partial charge in [0.1, 0.15) is 11.9 Å². The number of phenolic OH excluding ortho intramolecular Hbond substituents is 1. The number of nitrogens with one attached hydrogen (secondary N) is 2. The number of thiazole rings is 1.